The number of aliphatic carboxylic acids is 1. The van der Waals surface area contributed by atoms with Crippen molar-refractivity contribution in [3.8, 4) is 11.3 Å². The Hall–Kier alpha value is -3.77. The number of carboxylic acid groups (broad SMARTS) is 1. The molecule has 10 nitrogen and oxygen atoms in total. The second-order valence-corrected chi connectivity index (χ2v) is 10.3. The van der Waals surface area contributed by atoms with Gasteiger partial charge in [-0.1, -0.05) is 0 Å². The van der Waals surface area contributed by atoms with Gasteiger partial charge in [-0.25, -0.2) is 12.8 Å². The Balaban J connectivity index is 1.80. The van der Waals surface area contributed by atoms with Gasteiger partial charge in [0.2, 0.25) is 15.9 Å². The molecule has 3 N–H and O–H groups in total. The van der Waals surface area contributed by atoms with Crippen molar-refractivity contribution in [2.75, 3.05) is 13.6 Å². The van der Waals surface area contributed by atoms with Crippen LogP contribution in [0, 0.1) is 5.82 Å². The molecule has 0 radical (unpaired) electrons. The second-order valence-electron chi connectivity index (χ2n) is 8.56. The smallest absolute Gasteiger partial charge is 0.324 e. The lowest BCUT2D eigenvalue weighted by molar-refractivity contribution is -0.144. The minimum absolute atomic E-state index is 0.0873. The first-order valence-corrected chi connectivity index (χ1v) is 12.7. The molecule has 0 unspecified atom stereocenters. The fraction of sp³-hybridized carbons (Fsp3) is 0.292. The molecule has 12 heteroatoms. The van der Waals surface area contributed by atoms with E-state index in [0.717, 1.165) is 25.3 Å². The quantitative estimate of drug-likeness (QED) is 0.370. The Bertz CT molecular complexity index is 1460. The Labute approximate surface area is 206 Å². The normalized spacial score (nSPS) is 13.5. The Morgan fingerprint density at radius 3 is 2.39 bits per heavy atom. The van der Waals surface area contributed by atoms with E-state index in [1.807, 2.05) is 4.83 Å². The number of hydrogen-bond donors (Lipinski definition) is 3. The van der Waals surface area contributed by atoms with Gasteiger partial charge in [0.1, 0.15) is 23.7 Å². The monoisotopic (exact) mass is 517 g/mol. The summed E-state index contributed by atoms with van der Waals surface area (Å²) in [4.78, 5) is 37.6. The van der Waals surface area contributed by atoms with E-state index in [1.165, 1.54) is 37.4 Å². The molecular formula is C24H24FN3O7S. The van der Waals surface area contributed by atoms with Gasteiger partial charge in [-0.05, 0) is 66.3 Å². The number of rotatable bonds is 9. The third kappa shape index (κ3) is 5.39. The number of carbonyl (C=O) groups is 3. The van der Waals surface area contributed by atoms with Gasteiger partial charge in [0.05, 0.1) is 11.3 Å². The number of nitrogens with one attached hydrogen (secondary N) is 2. The first kappa shape index (κ1) is 25.3. The van der Waals surface area contributed by atoms with Crippen LogP contribution in [0.3, 0.4) is 0 Å². The minimum atomic E-state index is -4.17. The van der Waals surface area contributed by atoms with E-state index in [2.05, 4.69) is 5.32 Å². The summed E-state index contributed by atoms with van der Waals surface area (Å²) in [7, 11) is -2.70. The number of hydrazine groups is 1. The highest BCUT2D eigenvalue weighted by Gasteiger charge is 2.31. The molecule has 2 amide bonds. The van der Waals surface area contributed by atoms with Crippen LogP contribution in [0.15, 0.2) is 40.8 Å². The molecule has 1 fully saturated rings. The average Bonchev–Trinajstić information content (AvgIpc) is 3.58. The molecule has 1 heterocycles. The lowest BCUT2D eigenvalue weighted by Gasteiger charge is -2.20. The summed E-state index contributed by atoms with van der Waals surface area (Å²) < 4.78 is 45.2. The van der Waals surface area contributed by atoms with Crippen LogP contribution in [0.2, 0.25) is 0 Å². The van der Waals surface area contributed by atoms with Crippen molar-refractivity contribution < 1.29 is 36.7 Å². The number of furan rings is 1. The Morgan fingerprint density at radius 1 is 1.17 bits per heavy atom. The maximum Gasteiger partial charge on any atom is 0.324 e. The molecule has 36 heavy (non-hydrogen) atoms. The summed E-state index contributed by atoms with van der Waals surface area (Å²) in [6, 6.07) is 8.72. The number of carbonyl (C=O) groups excluding carboxylic acids is 2. The summed E-state index contributed by atoms with van der Waals surface area (Å²) in [6.07, 6.45) is 1.67. The lowest BCUT2D eigenvalue weighted by Crippen LogP contribution is -2.48. The van der Waals surface area contributed by atoms with Crippen LogP contribution in [0.1, 0.15) is 47.2 Å². The summed E-state index contributed by atoms with van der Waals surface area (Å²) in [5.41, 5.74) is 2.10. The predicted octanol–water partition coefficient (Wildman–Crippen LogP) is 2.74. The molecule has 0 aliphatic heterocycles. The first-order valence-electron chi connectivity index (χ1n) is 11.1. The van der Waals surface area contributed by atoms with Gasteiger partial charge in [0, 0.05) is 24.9 Å². The van der Waals surface area contributed by atoms with Crippen molar-refractivity contribution >= 4 is 38.8 Å². The van der Waals surface area contributed by atoms with Gasteiger partial charge in [-0.2, -0.15) is 0 Å². The van der Waals surface area contributed by atoms with Crippen LogP contribution in [0.4, 0.5) is 4.39 Å². The molecule has 0 saturated heterocycles. The molecule has 3 aromatic rings. The van der Waals surface area contributed by atoms with Gasteiger partial charge in [-0.3, -0.25) is 19.4 Å². The van der Waals surface area contributed by atoms with Crippen molar-refractivity contribution in [1.82, 2.24) is 15.2 Å². The van der Waals surface area contributed by atoms with Crippen molar-refractivity contribution in [3.63, 3.8) is 0 Å². The van der Waals surface area contributed by atoms with E-state index in [4.69, 9.17) is 9.52 Å². The zero-order valence-electron chi connectivity index (χ0n) is 19.5. The number of fused-ring (bicyclic) bond motifs is 1. The molecular weight excluding hydrogens is 493 g/mol. The molecule has 1 aliphatic rings. The summed E-state index contributed by atoms with van der Waals surface area (Å²) in [6.45, 7) is 0.213. The van der Waals surface area contributed by atoms with Crippen molar-refractivity contribution in [2.24, 2.45) is 0 Å². The van der Waals surface area contributed by atoms with Crippen LogP contribution in [0.5, 0.6) is 0 Å². The number of nitrogens with zero attached hydrogens (tertiary/aromatic N) is 1. The lowest BCUT2D eigenvalue weighted by atomic mass is 9.98. The van der Waals surface area contributed by atoms with Crippen LogP contribution in [0.25, 0.3) is 22.3 Å². The number of hydrogen-bond acceptors (Lipinski definition) is 6. The number of sulfonamides is 1. The number of amides is 2. The predicted molar refractivity (Wildman–Crippen MR) is 128 cm³/mol. The van der Waals surface area contributed by atoms with Gasteiger partial charge >= 0.3 is 5.97 Å². The van der Waals surface area contributed by atoms with E-state index >= 15 is 0 Å². The van der Waals surface area contributed by atoms with E-state index in [0.29, 0.717) is 21.5 Å². The van der Waals surface area contributed by atoms with E-state index in [-0.39, 0.29) is 22.8 Å². The number of carboxylic acids is 1. The summed E-state index contributed by atoms with van der Waals surface area (Å²) in [5, 5.41) is 12.5. The molecule has 190 valence electrons. The molecule has 0 bridgehead atoms. The van der Waals surface area contributed by atoms with Crippen LogP contribution >= 0.6 is 0 Å². The molecule has 1 aliphatic carbocycles. The van der Waals surface area contributed by atoms with Crippen molar-refractivity contribution in [3.05, 3.63) is 58.9 Å². The largest absolute Gasteiger partial charge is 0.480 e. The zero-order chi connectivity index (χ0) is 26.2. The Kier molecular flexibility index (Phi) is 6.83. The highest BCUT2D eigenvalue weighted by atomic mass is 32.2. The first-order chi connectivity index (χ1) is 17.0. The molecule has 2 aromatic carbocycles. The molecule has 4 rings (SSSR count). The second kappa shape index (κ2) is 9.70. The topological polar surface area (TPSA) is 146 Å². The highest BCUT2D eigenvalue weighted by molar-refractivity contribution is 7.88. The van der Waals surface area contributed by atoms with Crippen LogP contribution < -0.4 is 10.1 Å². The third-order valence-electron chi connectivity index (χ3n) is 5.80. The maximum atomic E-state index is 13.5. The van der Waals surface area contributed by atoms with E-state index in [9.17, 15) is 27.2 Å². The Morgan fingerprint density at radius 2 is 1.83 bits per heavy atom. The van der Waals surface area contributed by atoms with Gasteiger partial charge < -0.3 is 14.8 Å². The van der Waals surface area contributed by atoms with E-state index in [1.54, 1.807) is 6.07 Å². The maximum absolute atomic E-state index is 13.5. The highest BCUT2D eigenvalue weighted by Crippen LogP contribution is 2.45. The van der Waals surface area contributed by atoms with Crippen LogP contribution in [-0.4, -0.2) is 49.9 Å². The third-order valence-corrected chi connectivity index (χ3v) is 6.99. The SMILES string of the molecule is CNC(=O)c1c(-c2ccc(F)cc2)oc2cc(CS(=O)(=O)NN(CC(=O)O)C(C)=O)c(C3CC3)cc12. The fourth-order valence-corrected chi connectivity index (χ4v) is 5.26. The minimum Gasteiger partial charge on any atom is -0.480 e. The van der Waals surface area contributed by atoms with Crippen LogP contribution in [-0.2, 0) is 25.4 Å². The molecule has 1 aromatic heterocycles. The summed E-state index contributed by atoms with van der Waals surface area (Å²) in [5.74, 6) is -3.25. The standard InChI is InChI=1S/C24H24FN3O7S/c1-13(29)28(11-21(30)31)27-36(33,34)12-16-9-20-19(10-18(16)14-3-4-14)22(24(32)26-2)23(35-20)15-5-7-17(25)8-6-15/h5-10,14,27H,3-4,11-12H2,1-2H3,(H,26,32)(H,30,31). The molecule has 0 spiro atoms. The fourth-order valence-electron chi connectivity index (χ4n) is 4.00. The van der Waals surface area contributed by atoms with Gasteiger partial charge in [-0.15, -0.1) is 4.83 Å². The van der Waals surface area contributed by atoms with E-state index < -0.39 is 45.9 Å². The van der Waals surface area contributed by atoms with Crippen molar-refractivity contribution in [2.45, 2.75) is 31.4 Å². The van der Waals surface area contributed by atoms with Gasteiger partial charge in [0.25, 0.3) is 5.91 Å². The average molecular weight is 518 g/mol. The number of benzene rings is 2. The molecule has 1 saturated carbocycles. The van der Waals surface area contributed by atoms with Gasteiger partial charge in [0.15, 0.2) is 0 Å². The molecule has 0 atom stereocenters. The van der Waals surface area contributed by atoms with Crippen molar-refractivity contribution in [1.29, 1.82) is 0 Å². The summed E-state index contributed by atoms with van der Waals surface area (Å²) >= 11 is 0. The zero-order valence-corrected chi connectivity index (χ0v) is 20.3. The number of halogens is 1.